The summed E-state index contributed by atoms with van der Waals surface area (Å²) in [6, 6.07) is 0. The fourth-order valence-corrected chi connectivity index (χ4v) is 0.931. The molecule has 6 heteroatoms. The Labute approximate surface area is 80.9 Å². The number of aromatic nitrogens is 1. The van der Waals surface area contributed by atoms with Crippen LogP contribution in [0.5, 0.6) is 0 Å². The molecule has 76 valence electrons. The third-order valence-corrected chi connectivity index (χ3v) is 1.56. The van der Waals surface area contributed by atoms with Crippen LogP contribution in [-0.2, 0) is 0 Å². The van der Waals surface area contributed by atoms with Gasteiger partial charge in [-0.3, -0.25) is 10.1 Å². The molecule has 1 rings (SSSR count). The summed E-state index contributed by atoms with van der Waals surface area (Å²) < 4.78 is 4.80. The third kappa shape index (κ3) is 2.09. The van der Waals surface area contributed by atoms with Crippen molar-refractivity contribution in [2.45, 2.75) is 6.92 Å². The number of hydrogen-bond donors (Lipinski definition) is 0. The molecule has 0 radical (unpaired) electrons. The van der Waals surface area contributed by atoms with E-state index >= 15 is 0 Å². The summed E-state index contributed by atoms with van der Waals surface area (Å²) in [5.41, 5.74) is 0.205. The normalized spacial score (nSPS) is 10.8. The van der Waals surface area contributed by atoms with Gasteiger partial charge in [0.1, 0.15) is 0 Å². The summed E-state index contributed by atoms with van der Waals surface area (Å²) in [6.45, 7) is 1.54. The Bertz CT molecular complexity index is 368. The first-order valence-electron chi connectivity index (χ1n) is 3.97. The van der Waals surface area contributed by atoms with E-state index in [1.165, 1.54) is 13.0 Å². The van der Waals surface area contributed by atoms with Crippen LogP contribution >= 0.6 is 0 Å². The van der Waals surface area contributed by atoms with E-state index in [1.54, 1.807) is 11.1 Å². The van der Waals surface area contributed by atoms with Gasteiger partial charge in [0.15, 0.2) is 5.69 Å². The van der Waals surface area contributed by atoms with Gasteiger partial charge in [-0.05, 0) is 6.92 Å². The van der Waals surface area contributed by atoms with Gasteiger partial charge < -0.3 is 9.42 Å². The maximum absolute atomic E-state index is 10.6. The molecule has 0 spiro atoms. The summed E-state index contributed by atoms with van der Waals surface area (Å²) in [4.78, 5) is 11.9. The highest BCUT2D eigenvalue weighted by molar-refractivity contribution is 5.56. The quantitative estimate of drug-likeness (QED) is 0.541. The Kier molecular flexibility index (Phi) is 2.85. The van der Waals surface area contributed by atoms with Crippen LogP contribution < -0.4 is 0 Å². The Morgan fingerprint density at radius 3 is 2.71 bits per heavy atom. The topological polar surface area (TPSA) is 72.4 Å². The highest BCUT2D eigenvalue weighted by Crippen LogP contribution is 2.23. The number of hydrogen-bond acceptors (Lipinski definition) is 5. The van der Waals surface area contributed by atoms with Gasteiger partial charge in [0, 0.05) is 26.4 Å². The van der Waals surface area contributed by atoms with Crippen molar-refractivity contribution >= 4 is 11.8 Å². The van der Waals surface area contributed by atoms with Crippen molar-refractivity contribution in [3.8, 4) is 0 Å². The summed E-state index contributed by atoms with van der Waals surface area (Å²) in [7, 11) is 3.62. The Hall–Kier alpha value is -1.85. The second-order valence-electron chi connectivity index (χ2n) is 3.02. The lowest BCUT2D eigenvalue weighted by molar-refractivity contribution is -0.386. The predicted molar refractivity (Wildman–Crippen MR) is 50.6 cm³/mol. The predicted octanol–water partition coefficient (Wildman–Crippen LogP) is 1.42. The highest BCUT2D eigenvalue weighted by atomic mass is 16.6. The standard InChI is InChI=1S/C8H11N3O3/c1-6-8(11(12)13)7(14-9-6)4-5-10(2)3/h4-5H,1-3H3/b5-4+. The van der Waals surface area contributed by atoms with Gasteiger partial charge in [-0.15, -0.1) is 0 Å². The maximum Gasteiger partial charge on any atom is 0.338 e. The van der Waals surface area contributed by atoms with E-state index < -0.39 is 4.92 Å². The zero-order valence-corrected chi connectivity index (χ0v) is 8.22. The van der Waals surface area contributed by atoms with Crippen molar-refractivity contribution < 1.29 is 9.45 Å². The van der Waals surface area contributed by atoms with E-state index in [-0.39, 0.29) is 17.1 Å². The molecule has 1 aromatic heterocycles. The molecular weight excluding hydrogens is 186 g/mol. The summed E-state index contributed by atoms with van der Waals surface area (Å²) >= 11 is 0. The molecule has 0 aromatic carbocycles. The molecule has 0 aliphatic rings. The van der Waals surface area contributed by atoms with Crippen LogP contribution in [0.25, 0.3) is 6.08 Å². The third-order valence-electron chi connectivity index (χ3n) is 1.56. The molecule has 6 nitrogen and oxygen atoms in total. The first-order valence-corrected chi connectivity index (χ1v) is 3.97. The van der Waals surface area contributed by atoms with Crippen LogP contribution in [0.3, 0.4) is 0 Å². The van der Waals surface area contributed by atoms with E-state index in [0.29, 0.717) is 0 Å². The fourth-order valence-electron chi connectivity index (χ4n) is 0.931. The van der Waals surface area contributed by atoms with E-state index in [1.807, 2.05) is 14.1 Å². The second-order valence-corrected chi connectivity index (χ2v) is 3.02. The molecule has 0 aliphatic carbocycles. The second kappa shape index (κ2) is 3.91. The molecular formula is C8H11N3O3. The summed E-state index contributed by atoms with van der Waals surface area (Å²) in [5, 5.41) is 14.1. The number of aryl methyl sites for hydroxylation is 1. The zero-order valence-electron chi connectivity index (χ0n) is 8.22. The van der Waals surface area contributed by atoms with Gasteiger partial charge in [-0.2, -0.15) is 0 Å². The number of nitrogens with zero attached hydrogens (tertiary/aromatic N) is 3. The van der Waals surface area contributed by atoms with E-state index in [9.17, 15) is 10.1 Å². The fraction of sp³-hybridized carbons (Fsp3) is 0.375. The molecule has 0 unspecified atom stereocenters. The molecule has 0 saturated carbocycles. The van der Waals surface area contributed by atoms with Gasteiger partial charge in [0.2, 0.25) is 5.76 Å². The van der Waals surface area contributed by atoms with E-state index in [4.69, 9.17) is 4.52 Å². The van der Waals surface area contributed by atoms with Gasteiger partial charge in [-0.1, -0.05) is 5.16 Å². The van der Waals surface area contributed by atoms with Gasteiger partial charge in [-0.25, -0.2) is 0 Å². The van der Waals surface area contributed by atoms with Crippen molar-refractivity contribution in [3.05, 3.63) is 27.8 Å². The van der Waals surface area contributed by atoms with E-state index in [0.717, 1.165) is 0 Å². The maximum atomic E-state index is 10.6. The van der Waals surface area contributed by atoms with Crippen LogP contribution in [0.15, 0.2) is 10.7 Å². The number of nitro groups is 1. The van der Waals surface area contributed by atoms with Crippen molar-refractivity contribution in [3.63, 3.8) is 0 Å². The Morgan fingerprint density at radius 1 is 1.57 bits per heavy atom. The minimum absolute atomic E-state index is 0.0805. The molecule has 0 atom stereocenters. The van der Waals surface area contributed by atoms with Crippen LogP contribution in [0.2, 0.25) is 0 Å². The van der Waals surface area contributed by atoms with Crippen molar-refractivity contribution in [2.75, 3.05) is 14.1 Å². The average molecular weight is 197 g/mol. The molecule has 0 bridgehead atoms. The molecule has 0 aliphatic heterocycles. The smallest absolute Gasteiger partial charge is 0.338 e. The molecule has 0 fully saturated rings. The van der Waals surface area contributed by atoms with Gasteiger partial charge in [0.05, 0.1) is 4.92 Å². The molecule has 14 heavy (non-hydrogen) atoms. The summed E-state index contributed by atoms with van der Waals surface area (Å²) in [5.74, 6) is 0.168. The molecule has 0 N–H and O–H groups in total. The monoisotopic (exact) mass is 197 g/mol. The number of rotatable bonds is 3. The van der Waals surface area contributed by atoms with Crippen LogP contribution in [0.4, 0.5) is 5.69 Å². The highest BCUT2D eigenvalue weighted by Gasteiger charge is 2.21. The van der Waals surface area contributed by atoms with Gasteiger partial charge in [0.25, 0.3) is 0 Å². The SMILES string of the molecule is Cc1noc(/C=C/N(C)C)c1[N+](=O)[O-]. The lowest BCUT2D eigenvalue weighted by atomic mass is 10.3. The van der Waals surface area contributed by atoms with Crippen molar-refractivity contribution in [2.24, 2.45) is 0 Å². The van der Waals surface area contributed by atoms with Gasteiger partial charge >= 0.3 is 5.69 Å². The minimum atomic E-state index is -0.499. The first kappa shape index (κ1) is 10.2. The summed E-state index contributed by atoms with van der Waals surface area (Å²) in [6.07, 6.45) is 3.17. The largest absolute Gasteiger partial charge is 0.383 e. The van der Waals surface area contributed by atoms with Crippen molar-refractivity contribution in [1.82, 2.24) is 10.1 Å². The molecule has 1 aromatic rings. The average Bonchev–Trinajstić information content (AvgIpc) is 2.43. The van der Waals surface area contributed by atoms with Crippen molar-refractivity contribution in [1.29, 1.82) is 0 Å². The zero-order chi connectivity index (χ0) is 10.7. The molecule has 1 heterocycles. The minimum Gasteiger partial charge on any atom is -0.383 e. The first-order chi connectivity index (χ1) is 6.52. The molecule has 0 saturated heterocycles. The Morgan fingerprint density at radius 2 is 2.21 bits per heavy atom. The van der Waals surface area contributed by atoms with E-state index in [2.05, 4.69) is 5.16 Å². The lowest BCUT2D eigenvalue weighted by Gasteiger charge is -2.00. The van der Waals surface area contributed by atoms with Crippen LogP contribution in [-0.4, -0.2) is 29.1 Å². The van der Waals surface area contributed by atoms with Crippen LogP contribution in [0, 0.1) is 17.0 Å². The Balaban J connectivity index is 3.04. The molecule has 0 amide bonds. The lowest BCUT2D eigenvalue weighted by Crippen LogP contribution is -1.99. The van der Waals surface area contributed by atoms with Crippen LogP contribution in [0.1, 0.15) is 11.5 Å².